The maximum absolute atomic E-state index is 4.12. The van der Waals surface area contributed by atoms with Crippen molar-refractivity contribution < 1.29 is 0 Å². The Morgan fingerprint density at radius 2 is 0.929 bits per heavy atom. The molecule has 0 N–H and O–H groups in total. The van der Waals surface area contributed by atoms with Crippen molar-refractivity contribution in [2.24, 2.45) is 0 Å². The standard InChI is InChI=1S/C28H48/c1-4-7-9-11-13-15-17-19-22-26-24-21-25-27(28(26)6-3)23-20-18-16-14-12-10-8-5-2/h6,21,24-25H,3-5,7-20,22-23H2,1-2H3. The van der Waals surface area contributed by atoms with Gasteiger partial charge in [0.1, 0.15) is 0 Å². The van der Waals surface area contributed by atoms with Crippen molar-refractivity contribution in [1.82, 2.24) is 0 Å². The summed E-state index contributed by atoms with van der Waals surface area (Å²) in [5.41, 5.74) is 4.49. The predicted molar refractivity (Wildman–Crippen MR) is 129 cm³/mol. The van der Waals surface area contributed by atoms with Crippen molar-refractivity contribution in [3.8, 4) is 0 Å². The molecule has 1 rings (SSSR count). The second kappa shape index (κ2) is 18.0. The van der Waals surface area contributed by atoms with Gasteiger partial charge in [-0.2, -0.15) is 0 Å². The van der Waals surface area contributed by atoms with E-state index in [-0.39, 0.29) is 0 Å². The van der Waals surface area contributed by atoms with E-state index in [1.165, 1.54) is 132 Å². The Balaban J connectivity index is 2.26. The number of benzene rings is 1. The van der Waals surface area contributed by atoms with E-state index < -0.39 is 0 Å². The van der Waals surface area contributed by atoms with Crippen molar-refractivity contribution in [3.05, 3.63) is 41.5 Å². The minimum atomic E-state index is 1.22. The summed E-state index contributed by atoms with van der Waals surface area (Å²) in [5.74, 6) is 0. The lowest BCUT2D eigenvalue weighted by Gasteiger charge is -2.12. The van der Waals surface area contributed by atoms with E-state index in [0.717, 1.165) is 0 Å². The first kappa shape index (κ1) is 25.0. The molecule has 28 heavy (non-hydrogen) atoms. The van der Waals surface area contributed by atoms with Gasteiger partial charge in [0.25, 0.3) is 0 Å². The van der Waals surface area contributed by atoms with Gasteiger partial charge in [-0.3, -0.25) is 0 Å². The largest absolute Gasteiger partial charge is 0.0984 e. The van der Waals surface area contributed by atoms with Gasteiger partial charge in [0.15, 0.2) is 0 Å². The summed E-state index contributed by atoms with van der Waals surface area (Å²) in [4.78, 5) is 0. The lowest BCUT2D eigenvalue weighted by molar-refractivity contribution is 0.574. The normalized spacial score (nSPS) is 11.1. The molecular formula is C28H48. The molecule has 0 unspecified atom stereocenters. The molecule has 0 atom stereocenters. The van der Waals surface area contributed by atoms with Crippen LogP contribution >= 0.6 is 0 Å². The van der Waals surface area contributed by atoms with Gasteiger partial charge in [-0.15, -0.1) is 0 Å². The van der Waals surface area contributed by atoms with Gasteiger partial charge < -0.3 is 0 Å². The lowest BCUT2D eigenvalue weighted by Crippen LogP contribution is -1.97. The highest BCUT2D eigenvalue weighted by molar-refractivity contribution is 5.56. The van der Waals surface area contributed by atoms with Crippen molar-refractivity contribution in [2.45, 2.75) is 129 Å². The third kappa shape index (κ3) is 11.7. The average Bonchev–Trinajstić information content (AvgIpc) is 2.72. The number of aryl methyl sites for hydroxylation is 2. The molecule has 0 aliphatic carbocycles. The van der Waals surface area contributed by atoms with Crippen molar-refractivity contribution in [1.29, 1.82) is 0 Å². The second-order valence-corrected chi connectivity index (χ2v) is 8.64. The fourth-order valence-corrected chi connectivity index (χ4v) is 4.26. The average molecular weight is 385 g/mol. The summed E-state index contributed by atoms with van der Waals surface area (Å²) in [6, 6.07) is 6.93. The fourth-order valence-electron chi connectivity index (χ4n) is 4.26. The fraction of sp³-hybridized carbons (Fsp3) is 0.714. The van der Waals surface area contributed by atoms with Crippen LogP contribution in [0.1, 0.15) is 133 Å². The van der Waals surface area contributed by atoms with Crippen LogP contribution < -0.4 is 0 Å². The van der Waals surface area contributed by atoms with Crippen LogP contribution in [-0.4, -0.2) is 0 Å². The maximum atomic E-state index is 4.12. The predicted octanol–water partition coefficient (Wildman–Crippen LogP) is 9.70. The SMILES string of the molecule is C=Cc1c(CCCCCCCCCC)cccc1CCCCCCCCCC. The molecule has 160 valence electrons. The van der Waals surface area contributed by atoms with Gasteiger partial charge >= 0.3 is 0 Å². The zero-order chi connectivity index (χ0) is 20.3. The van der Waals surface area contributed by atoms with Crippen molar-refractivity contribution in [3.63, 3.8) is 0 Å². The van der Waals surface area contributed by atoms with Gasteiger partial charge in [0, 0.05) is 0 Å². The highest BCUT2D eigenvalue weighted by atomic mass is 14.1. The second-order valence-electron chi connectivity index (χ2n) is 8.64. The Morgan fingerprint density at radius 3 is 1.29 bits per heavy atom. The zero-order valence-electron chi connectivity index (χ0n) is 19.2. The molecule has 0 amide bonds. The topological polar surface area (TPSA) is 0 Å². The van der Waals surface area contributed by atoms with Gasteiger partial charge in [-0.25, -0.2) is 0 Å². The number of hydrogen-bond acceptors (Lipinski definition) is 0. The first-order valence-corrected chi connectivity index (χ1v) is 12.6. The molecule has 0 fully saturated rings. The van der Waals surface area contributed by atoms with Gasteiger partial charge in [0.05, 0.1) is 0 Å². The molecule has 1 aromatic rings. The van der Waals surface area contributed by atoms with E-state index in [1.807, 2.05) is 0 Å². The van der Waals surface area contributed by atoms with Crippen LogP contribution in [0.4, 0.5) is 0 Å². The summed E-state index contributed by atoms with van der Waals surface area (Å²) in [6.45, 7) is 8.71. The van der Waals surface area contributed by atoms with Crippen LogP contribution in [-0.2, 0) is 12.8 Å². The van der Waals surface area contributed by atoms with Crippen LogP contribution in [0, 0.1) is 0 Å². The Morgan fingerprint density at radius 1 is 0.571 bits per heavy atom. The molecule has 0 saturated carbocycles. The highest BCUT2D eigenvalue weighted by Gasteiger charge is 2.05. The summed E-state index contributed by atoms with van der Waals surface area (Å²) < 4.78 is 0. The molecule has 0 bridgehead atoms. The van der Waals surface area contributed by atoms with E-state index in [0.29, 0.717) is 0 Å². The number of rotatable bonds is 19. The van der Waals surface area contributed by atoms with Crippen LogP contribution in [0.2, 0.25) is 0 Å². The molecule has 0 saturated heterocycles. The van der Waals surface area contributed by atoms with E-state index in [4.69, 9.17) is 0 Å². The monoisotopic (exact) mass is 384 g/mol. The van der Waals surface area contributed by atoms with E-state index in [9.17, 15) is 0 Å². The summed E-state index contributed by atoms with van der Waals surface area (Å²) in [6.07, 6.45) is 26.9. The summed E-state index contributed by atoms with van der Waals surface area (Å²) >= 11 is 0. The Labute approximate surface area is 177 Å². The van der Waals surface area contributed by atoms with Gasteiger partial charge in [-0.1, -0.05) is 135 Å². The third-order valence-corrected chi connectivity index (χ3v) is 6.09. The molecule has 1 aromatic carbocycles. The van der Waals surface area contributed by atoms with Crippen LogP contribution in [0.3, 0.4) is 0 Å². The Kier molecular flexibility index (Phi) is 16.1. The van der Waals surface area contributed by atoms with E-state index in [2.05, 4.69) is 44.7 Å². The van der Waals surface area contributed by atoms with E-state index >= 15 is 0 Å². The zero-order valence-corrected chi connectivity index (χ0v) is 19.2. The molecule has 0 aromatic heterocycles. The van der Waals surface area contributed by atoms with Gasteiger partial charge in [0.2, 0.25) is 0 Å². The number of hydrogen-bond donors (Lipinski definition) is 0. The quantitative estimate of drug-likeness (QED) is 0.208. The van der Waals surface area contributed by atoms with Crippen LogP contribution in [0.5, 0.6) is 0 Å². The molecule has 0 heterocycles. The Hall–Kier alpha value is -1.04. The first-order chi connectivity index (χ1) is 13.8. The van der Waals surface area contributed by atoms with Crippen molar-refractivity contribution >= 4 is 6.08 Å². The Bertz CT molecular complexity index is 447. The minimum Gasteiger partial charge on any atom is -0.0984 e. The molecule has 0 aliphatic heterocycles. The number of unbranched alkanes of at least 4 members (excludes halogenated alkanes) is 14. The minimum absolute atomic E-state index is 1.22. The molecule has 0 spiro atoms. The molecular weight excluding hydrogens is 336 g/mol. The highest BCUT2D eigenvalue weighted by Crippen LogP contribution is 2.22. The molecule has 0 heteroatoms. The van der Waals surface area contributed by atoms with E-state index in [1.54, 1.807) is 0 Å². The summed E-state index contributed by atoms with van der Waals surface area (Å²) in [5, 5.41) is 0. The van der Waals surface area contributed by atoms with Crippen LogP contribution in [0.25, 0.3) is 6.08 Å². The maximum Gasteiger partial charge on any atom is -0.0198 e. The first-order valence-electron chi connectivity index (χ1n) is 12.6. The molecule has 0 nitrogen and oxygen atoms in total. The van der Waals surface area contributed by atoms with Crippen molar-refractivity contribution in [2.75, 3.05) is 0 Å². The van der Waals surface area contributed by atoms with Gasteiger partial charge in [-0.05, 0) is 42.4 Å². The van der Waals surface area contributed by atoms with Crippen LogP contribution in [0.15, 0.2) is 24.8 Å². The lowest BCUT2D eigenvalue weighted by atomic mass is 9.93. The molecule has 0 aliphatic rings. The third-order valence-electron chi connectivity index (χ3n) is 6.09. The molecule has 0 radical (unpaired) electrons. The summed E-state index contributed by atoms with van der Waals surface area (Å²) in [7, 11) is 0. The smallest absolute Gasteiger partial charge is 0.0198 e.